The molecule has 0 N–H and O–H groups in total. The van der Waals surface area contributed by atoms with Crippen molar-refractivity contribution in [2.24, 2.45) is 0 Å². The van der Waals surface area contributed by atoms with Gasteiger partial charge in [-0.1, -0.05) is 0 Å². The number of aryl methyl sites for hydroxylation is 2. The van der Waals surface area contributed by atoms with Gasteiger partial charge in [0.25, 0.3) is 0 Å². The molecular weight excluding hydrogens is 144 g/mol. The first kappa shape index (κ1) is 7.66. The minimum absolute atomic E-state index is 1.03. The zero-order valence-electron chi connectivity index (χ0n) is 6.37. The summed E-state index contributed by atoms with van der Waals surface area (Å²) in [6, 6.07) is 2.03. The van der Waals surface area contributed by atoms with Crippen molar-refractivity contribution in [2.75, 3.05) is 12.0 Å². The van der Waals surface area contributed by atoms with E-state index in [9.17, 15) is 0 Å². The maximum Gasteiger partial charge on any atom is 0.0502 e. The fourth-order valence-corrected chi connectivity index (χ4v) is 1.17. The molecule has 10 heavy (non-hydrogen) atoms. The van der Waals surface area contributed by atoms with Gasteiger partial charge in [-0.2, -0.15) is 16.9 Å². The van der Waals surface area contributed by atoms with Crippen molar-refractivity contribution >= 4 is 11.8 Å². The summed E-state index contributed by atoms with van der Waals surface area (Å²) in [5, 5.41) is 4.16. The van der Waals surface area contributed by atoms with Crippen LogP contribution in [0.2, 0.25) is 0 Å². The highest BCUT2D eigenvalue weighted by atomic mass is 32.2. The molecule has 1 aromatic heterocycles. The van der Waals surface area contributed by atoms with Gasteiger partial charge in [-0.15, -0.1) is 0 Å². The van der Waals surface area contributed by atoms with E-state index in [0.717, 1.165) is 12.3 Å². The predicted molar refractivity (Wildman–Crippen MR) is 45.3 cm³/mol. The second-order valence-corrected chi connectivity index (χ2v) is 3.17. The van der Waals surface area contributed by atoms with E-state index < -0.39 is 0 Å². The maximum absolute atomic E-state index is 4.16. The molecule has 0 aliphatic rings. The van der Waals surface area contributed by atoms with Gasteiger partial charge < -0.3 is 0 Å². The average Bonchev–Trinajstić information content (AvgIpc) is 2.31. The highest BCUT2D eigenvalue weighted by Gasteiger charge is 1.93. The largest absolute Gasteiger partial charge is 0.269 e. The van der Waals surface area contributed by atoms with Gasteiger partial charge in [0.05, 0.1) is 6.54 Å². The van der Waals surface area contributed by atoms with Gasteiger partial charge in [0.15, 0.2) is 0 Å². The van der Waals surface area contributed by atoms with Crippen LogP contribution in [0.25, 0.3) is 0 Å². The molecule has 0 atom stereocenters. The first-order chi connectivity index (χ1) is 4.84. The van der Waals surface area contributed by atoms with Gasteiger partial charge in [-0.05, 0) is 19.2 Å². The van der Waals surface area contributed by atoms with Crippen LogP contribution in [0, 0.1) is 6.92 Å². The van der Waals surface area contributed by atoms with E-state index in [2.05, 4.69) is 18.3 Å². The molecule has 1 heterocycles. The summed E-state index contributed by atoms with van der Waals surface area (Å²) in [6.45, 7) is 3.10. The minimum Gasteiger partial charge on any atom is -0.269 e. The van der Waals surface area contributed by atoms with Crippen LogP contribution in [0.1, 0.15) is 5.69 Å². The lowest BCUT2D eigenvalue weighted by Crippen LogP contribution is -2.03. The first-order valence-corrected chi connectivity index (χ1v) is 4.71. The van der Waals surface area contributed by atoms with Gasteiger partial charge in [-0.25, -0.2) is 0 Å². The third kappa shape index (κ3) is 1.77. The van der Waals surface area contributed by atoms with Crippen LogP contribution in [-0.4, -0.2) is 21.8 Å². The molecule has 0 unspecified atom stereocenters. The molecule has 3 heteroatoms. The Labute approximate surface area is 65.6 Å². The summed E-state index contributed by atoms with van der Waals surface area (Å²) >= 11 is 1.85. The summed E-state index contributed by atoms with van der Waals surface area (Å²) in [4.78, 5) is 0. The SMILES string of the molecule is CSCCn1nccc1C. The zero-order valence-corrected chi connectivity index (χ0v) is 7.19. The van der Waals surface area contributed by atoms with Gasteiger partial charge in [0.1, 0.15) is 0 Å². The van der Waals surface area contributed by atoms with Gasteiger partial charge >= 0.3 is 0 Å². The lowest BCUT2D eigenvalue weighted by molar-refractivity contribution is 0.646. The van der Waals surface area contributed by atoms with Crippen LogP contribution in [0.15, 0.2) is 12.3 Å². The van der Waals surface area contributed by atoms with Crippen LogP contribution in [-0.2, 0) is 6.54 Å². The first-order valence-electron chi connectivity index (χ1n) is 3.32. The third-order valence-corrected chi connectivity index (χ3v) is 2.03. The Morgan fingerprint density at radius 2 is 2.50 bits per heavy atom. The monoisotopic (exact) mass is 156 g/mol. The van der Waals surface area contributed by atoms with Crippen LogP contribution in [0.5, 0.6) is 0 Å². The Hall–Kier alpha value is -0.440. The number of hydrogen-bond acceptors (Lipinski definition) is 2. The van der Waals surface area contributed by atoms with Crippen LogP contribution < -0.4 is 0 Å². The normalized spacial score (nSPS) is 10.2. The van der Waals surface area contributed by atoms with Crippen molar-refractivity contribution in [1.29, 1.82) is 0 Å². The molecule has 0 aliphatic carbocycles. The van der Waals surface area contributed by atoms with E-state index in [1.807, 2.05) is 28.7 Å². The number of thioether (sulfide) groups is 1. The second-order valence-electron chi connectivity index (χ2n) is 2.19. The van der Waals surface area contributed by atoms with Crippen molar-refractivity contribution in [3.8, 4) is 0 Å². The molecule has 2 nitrogen and oxygen atoms in total. The molecule has 0 fully saturated rings. The van der Waals surface area contributed by atoms with Crippen molar-refractivity contribution in [3.63, 3.8) is 0 Å². The van der Waals surface area contributed by atoms with E-state index in [4.69, 9.17) is 0 Å². The van der Waals surface area contributed by atoms with E-state index in [1.165, 1.54) is 5.69 Å². The standard InChI is InChI=1S/C7H12N2S/c1-7-3-4-8-9(7)5-6-10-2/h3-4H,5-6H2,1-2H3. The van der Waals surface area contributed by atoms with Crippen molar-refractivity contribution in [1.82, 2.24) is 9.78 Å². The maximum atomic E-state index is 4.16. The lowest BCUT2D eigenvalue weighted by Gasteiger charge is -2.00. The van der Waals surface area contributed by atoms with Crippen LogP contribution in [0.4, 0.5) is 0 Å². The molecule has 1 rings (SSSR count). The quantitative estimate of drug-likeness (QED) is 0.661. The lowest BCUT2D eigenvalue weighted by atomic mass is 10.5. The van der Waals surface area contributed by atoms with Gasteiger partial charge in [0.2, 0.25) is 0 Å². The van der Waals surface area contributed by atoms with E-state index in [-0.39, 0.29) is 0 Å². The molecule has 0 bridgehead atoms. The van der Waals surface area contributed by atoms with E-state index >= 15 is 0 Å². The predicted octanol–water partition coefficient (Wildman–Crippen LogP) is 1.55. The second kappa shape index (κ2) is 3.66. The van der Waals surface area contributed by atoms with Crippen LogP contribution >= 0.6 is 11.8 Å². The van der Waals surface area contributed by atoms with E-state index in [0.29, 0.717) is 0 Å². The van der Waals surface area contributed by atoms with Gasteiger partial charge in [0, 0.05) is 17.6 Å². The molecular formula is C7H12N2S. The Morgan fingerprint density at radius 3 is 3.00 bits per heavy atom. The number of nitrogens with zero attached hydrogens (tertiary/aromatic N) is 2. The molecule has 56 valence electrons. The van der Waals surface area contributed by atoms with Gasteiger partial charge in [-0.3, -0.25) is 4.68 Å². The molecule has 0 amide bonds. The third-order valence-electron chi connectivity index (χ3n) is 1.44. The molecule has 0 radical (unpaired) electrons. The molecule has 0 saturated carbocycles. The number of aromatic nitrogens is 2. The molecule has 0 aliphatic heterocycles. The fraction of sp³-hybridized carbons (Fsp3) is 0.571. The van der Waals surface area contributed by atoms with Crippen molar-refractivity contribution in [2.45, 2.75) is 13.5 Å². The molecule has 0 aromatic carbocycles. The minimum atomic E-state index is 1.03. The summed E-state index contributed by atoms with van der Waals surface area (Å²) in [7, 11) is 0. The Kier molecular flexibility index (Phi) is 2.81. The topological polar surface area (TPSA) is 17.8 Å². The van der Waals surface area contributed by atoms with E-state index in [1.54, 1.807) is 0 Å². The Morgan fingerprint density at radius 1 is 1.70 bits per heavy atom. The molecule has 0 spiro atoms. The summed E-state index contributed by atoms with van der Waals surface area (Å²) in [5.74, 6) is 1.14. The number of rotatable bonds is 3. The molecule has 0 saturated heterocycles. The van der Waals surface area contributed by atoms with Crippen LogP contribution in [0.3, 0.4) is 0 Å². The summed E-state index contributed by atoms with van der Waals surface area (Å²) < 4.78 is 2.02. The summed E-state index contributed by atoms with van der Waals surface area (Å²) in [5.41, 5.74) is 1.24. The smallest absolute Gasteiger partial charge is 0.0502 e. The molecule has 1 aromatic rings. The van der Waals surface area contributed by atoms with Crippen molar-refractivity contribution in [3.05, 3.63) is 18.0 Å². The highest BCUT2D eigenvalue weighted by Crippen LogP contribution is 1.98. The Bertz CT molecular complexity index is 195. The average molecular weight is 156 g/mol. The van der Waals surface area contributed by atoms with Crippen molar-refractivity contribution < 1.29 is 0 Å². The zero-order chi connectivity index (χ0) is 7.40. The Balaban J connectivity index is 2.49. The highest BCUT2D eigenvalue weighted by molar-refractivity contribution is 7.98. The fourth-order valence-electron chi connectivity index (χ4n) is 0.811. The number of hydrogen-bond donors (Lipinski definition) is 0. The summed E-state index contributed by atoms with van der Waals surface area (Å²) in [6.07, 6.45) is 3.95.